The van der Waals surface area contributed by atoms with Gasteiger partial charge in [-0.15, -0.1) is 11.3 Å². The molecule has 2 aromatic rings. The van der Waals surface area contributed by atoms with Crippen molar-refractivity contribution in [3.05, 3.63) is 31.9 Å². The Morgan fingerprint density at radius 1 is 1.40 bits per heavy atom. The van der Waals surface area contributed by atoms with Crippen molar-refractivity contribution < 1.29 is 18.7 Å². The predicted molar refractivity (Wildman–Crippen MR) is 93.4 cm³/mol. The Morgan fingerprint density at radius 3 is 2.80 bits per heavy atom. The normalized spacial score (nSPS) is 19.9. The van der Waals surface area contributed by atoms with Gasteiger partial charge in [-0.25, -0.2) is 18.6 Å². The number of aromatic carboxylic acids is 1. The Kier molecular flexibility index (Phi) is 4.07. The number of hydrogen-bond acceptors (Lipinski definition) is 4. The fourth-order valence-corrected chi connectivity index (χ4v) is 5.62. The van der Waals surface area contributed by atoms with Gasteiger partial charge in [-0.3, -0.25) is 0 Å². The highest BCUT2D eigenvalue weighted by molar-refractivity contribution is 7.16. The second-order valence-corrected chi connectivity index (χ2v) is 8.66. The fraction of sp³-hybridized carbons (Fsp3) is 0.529. The van der Waals surface area contributed by atoms with E-state index >= 15 is 0 Å². The summed E-state index contributed by atoms with van der Waals surface area (Å²) < 4.78 is 29.6. The number of alkyl halides is 2. The van der Waals surface area contributed by atoms with Crippen LogP contribution >= 0.6 is 22.7 Å². The molecule has 0 unspecified atom stereocenters. The van der Waals surface area contributed by atoms with Gasteiger partial charge in [0.1, 0.15) is 9.88 Å². The minimum atomic E-state index is -2.63. The van der Waals surface area contributed by atoms with Crippen LogP contribution in [-0.4, -0.2) is 21.6 Å². The van der Waals surface area contributed by atoms with Crippen molar-refractivity contribution >= 4 is 33.6 Å². The third kappa shape index (κ3) is 3.17. The van der Waals surface area contributed by atoms with Crippen LogP contribution in [0.25, 0.3) is 0 Å². The minimum Gasteiger partial charge on any atom is -0.477 e. The van der Waals surface area contributed by atoms with Gasteiger partial charge in [0, 0.05) is 30.5 Å². The molecule has 0 aromatic carbocycles. The third-order valence-corrected chi connectivity index (χ3v) is 7.06. The molecule has 25 heavy (non-hydrogen) atoms. The summed E-state index contributed by atoms with van der Waals surface area (Å²) in [4.78, 5) is 17.8. The van der Waals surface area contributed by atoms with Gasteiger partial charge in [0.25, 0.3) is 5.92 Å². The monoisotopic (exact) mass is 384 g/mol. The number of carboxylic acids is 1. The van der Waals surface area contributed by atoms with Crippen LogP contribution in [0.2, 0.25) is 0 Å². The Balaban J connectivity index is 1.83. The van der Waals surface area contributed by atoms with Gasteiger partial charge in [-0.1, -0.05) is 11.3 Å². The van der Waals surface area contributed by atoms with Gasteiger partial charge in [0.15, 0.2) is 4.80 Å². The molecule has 0 radical (unpaired) electrons. The topological polar surface area (TPSA) is 54.6 Å². The first-order chi connectivity index (χ1) is 11.9. The summed E-state index contributed by atoms with van der Waals surface area (Å²) in [5, 5.41) is 9.98. The summed E-state index contributed by atoms with van der Waals surface area (Å²) in [7, 11) is 0. The largest absolute Gasteiger partial charge is 0.477 e. The van der Waals surface area contributed by atoms with Crippen LogP contribution in [-0.2, 0) is 19.4 Å². The predicted octanol–water partition coefficient (Wildman–Crippen LogP) is 4.56. The molecule has 0 saturated heterocycles. The lowest BCUT2D eigenvalue weighted by Crippen LogP contribution is -2.25. The minimum absolute atomic E-state index is 0.137. The second kappa shape index (κ2) is 6.02. The SMILES string of the molecule is CCn1cc(C(=O)O)sc1=Nc1sc(C2CC2)c2c1CCC(F)(F)C2. The number of thiazole rings is 1. The summed E-state index contributed by atoms with van der Waals surface area (Å²) >= 11 is 2.65. The van der Waals surface area contributed by atoms with Gasteiger partial charge in [-0.05, 0) is 43.2 Å². The zero-order valence-electron chi connectivity index (χ0n) is 13.7. The van der Waals surface area contributed by atoms with E-state index in [2.05, 4.69) is 0 Å². The van der Waals surface area contributed by atoms with Crippen molar-refractivity contribution in [1.82, 2.24) is 4.57 Å². The number of carbonyl (C=O) groups is 1. The van der Waals surface area contributed by atoms with E-state index in [9.17, 15) is 18.7 Å². The van der Waals surface area contributed by atoms with Crippen LogP contribution in [0, 0.1) is 0 Å². The standard InChI is InChI=1S/C17H18F2N2O2S2/c1-2-21-8-12(15(22)23)24-16(21)20-14-10-5-6-17(18,19)7-11(10)13(25-14)9-3-4-9/h8-9H,2-7H2,1H3,(H,22,23). The van der Waals surface area contributed by atoms with Crippen molar-refractivity contribution in [1.29, 1.82) is 0 Å². The maximum atomic E-state index is 13.9. The van der Waals surface area contributed by atoms with E-state index in [0.717, 1.165) is 45.2 Å². The molecule has 2 aliphatic carbocycles. The van der Waals surface area contributed by atoms with Crippen LogP contribution in [0.4, 0.5) is 13.8 Å². The smallest absolute Gasteiger partial charge is 0.347 e. The first kappa shape index (κ1) is 16.9. The molecule has 1 N–H and O–H groups in total. The Morgan fingerprint density at radius 2 is 2.16 bits per heavy atom. The maximum Gasteiger partial charge on any atom is 0.347 e. The zero-order chi connectivity index (χ0) is 17.8. The number of rotatable bonds is 4. The summed E-state index contributed by atoms with van der Waals surface area (Å²) in [5.74, 6) is -3.19. The molecular formula is C17H18F2N2O2S2. The molecule has 4 rings (SSSR count). The molecule has 2 heterocycles. The van der Waals surface area contributed by atoms with Crippen molar-refractivity contribution in [2.24, 2.45) is 4.99 Å². The average Bonchev–Trinajstić information content (AvgIpc) is 3.22. The lowest BCUT2D eigenvalue weighted by molar-refractivity contribution is -0.0121. The van der Waals surface area contributed by atoms with E-state index in [0.29, 0.717) is 23.7 Å². The molecule has 4 nitrogen and oxygen atoms in total. The van der Waals surface area contributed by atoms with E-state index < -0.39 is 11.9 Å². The summed E-state index contributed by atoms with van der Waals surface area (Å²) in [6.07, 6.45) is 3.74. The highest BCUT2D eigenvalue weighted by Gasteiger charge is 2.40. The molecule has 8 heteroatoms. The molecule has 0 aliphatic heterocycles. The van der Waals surface area contributed by atoms with E-state index in [1.54, 1.807) is 10.8 Å². The van der Waals surface area contributed by atoms with Crippen LogP contribution in [0.3, 0.4) is 0 Å². The summed E-state index contributed by atoms with van der Waals surface area (Å²) in [6, 6.07) is 0. The molecule has 0 spiro atoms. The van der Waals surface area contributed by atoms with Crippen molar-refractivity contribution in [3.8, 4) is 0 Å². The quantitative estimate of drug-likeness (QED) is 0.840. The first-order valence-corrected chi connectivity index (χ1v) is 10.0. The van der Waals surface area contributed by atoms with Crippen molar-refractivity contribution in [2.75, 3.05) is 0 Å². The van der Waals surface area contributed by atoms with Gasteiger partial charge in [0.2, 0.25) is 0 Å². The fourth-order valence-electron chi connectivity index (χ4n) is 3.26. The van der Waals surface area contributed by atoms with Crippen LogP contribution < -0.4 is 4.80 Å². The highest BCUT2D eigenvalue weighted by atomic mass is 32.1. The van der Waals surface area contributed by atoms with E-state index in [1.807, 2.05) is 6.92 Å². The number of fused-ring (bicyclic) bond motifs is 1. The molecule has 0 bridgehead atoms. The molecule has 0 atom stereocenters. The highest BCUT2D eigenvalue weighted by Crippen LogP contribution is 2.52. The molecular weight excluding hydrogens is 366 g/mol. The molecule has 1 saturated carbocycles. The van der Waals surface area contributed by atoms with Crippen LogP contribution in [0.5, 0.6) is 0 Å². The molecule has 2 aromatic heterocycles. The molecule has 1 fully saturated rings. The lowest BCUT2D eigenvalue weighted by atomic mass is 9.89. The number of thiophene rings is 1. The van der Waals surface area contributed by atoms with Gasteiger partial charge in [0.05, 0.1) is 0 Å². The van der Waals surface area contributed by atoms with E-state index in [1.165, 1.54) is 11.3 Å². The van der Waals surface area contributed by atoms with E-state index in [-0.39, 0.29) is 17.7 Å². The van der Waals surface area contributed by atoms with E-state index in [4.69, 9.17) is 4.99 Å². The van der Waals surface area contributed by atoms with Gasteiger partial charge < -0.3 is 9.67 Å². The number of hydrogen-bond donors (Lipinski definition) is 1. The number of aromatic nitrogens is 1. The van der Waals surface area contributed by atoms with Gasteiger partial charge in [-0.2, -0.15) is 0 Å². The number of aryl methyl sites for hydroxylation is 1. The maximum absolute atomic E-state index is 13.9. The van der Waals surface area contributed by atoms with Gasteiger partial charge >= 0.3 is 5.97 Å². The number of carboxylic acid groups (broad SMARTS) is 1. The Hall–Kier alpha value is -1.54. The van der Waals surface area contributed by atoms with Crippen LogP contribution in [0.1, 0.15) is 57.8 Å². The summed E-state index contributed by atoms with van der Waals surface area (Å²) in [5.41, 5.74) is 1.76. The van der Waals surface area contributed by atoms with Crippen molar-refractivity contribution in [3.63, 3.8) is 0 Å². The lowest BCUT2D eigenvalue weighted by Gasteiger charge is -2.23. The molecule has 2 aliphatic rings. The Labute approximate surface area is 151 Å². The summed E-state index contributed by atoms with van der Waals surface area (Å²) in [6.45, 7) is 2.54. The molecule has 134 valence electrons. The molecule has 0 amide bonds. The van der Waals surface area contributed by atoms with Crippen molar-refractivity contribution in [2.45, 2.75) is 57.4 Å². The zero-order valence-corrected chi connectivity index (χ0v) is 15.4. The number of nitrogens with zero attached hydrogens (tertiary/aromatic N) is 2. The first-order valence-electron chi connectivity index (χ1n) is 8.38. The Bertz CT molecular complexity index is 906. The third-order valence-electron chi connectivity index (χ3n) is 4.72. The average molecular weight is 384 g/mol. The second-order valence-electron chi connectivity index (χ2n) is 6.62. The number of halogens is 2. The van der Waals surface area contributed by atoms with Crippen LogP contribution in [0.15, 0.2) is 11.2 Å².